The van der Waals surface area contributed by atoms with Crippen LogP contribution in [0.25, 0.3) is 22.3 Å². The van der Waals surface area contributed by atoms with Crippen LogP contribution in [0, 0.1) is 11.7 Å². The molecule has 194 valence electrons. The van der Waals surface area contributed by atoms with Gasteiger partial charge in [0.1, 0.15) is 5.52 Å². The van der Waals surface area contributed by atoms with E-state index < -0.39 is 11.9 Å². The average Bonchev–Trinajstić information content (AvgIpc) is 3.23. The molecule has 0 saturated carbocycles. The number of imidazole rings is 1. The molecular weight excluding hydrogens is 485 g/mol. The van der Waals surface area contributed by atoms with Crippen molar-refractivity contribution in [2.75, 3.05) is 44.0 Å². The molecule has 2 aliphatic rings. The minimum absolute atomic E-state index is 0.0572. The van der Waals surface area contributed by atoms with Crippen molar-refractivity contribution in [1.82, 2.24) is 24.4 Å². The minimum Gasteiger partial charge on any atom is -0.389 e. The smallest absolute Gasteiger partial charge is 0.223 e. The molecule has 0 radical (unpaired) electrons. The molecule has 36 heavy (non-hydrogen) atoms. The number of hydrogen-bond donors (Lipinski definition) is 3. The Bertz CT molecular complexity index is 1250. The highest BCUT2D eigenvalue weighted by atomic mass is 35.5. The number of nitrogens with one attached hydrogen (secondary N) is 2. The first-order valence-electron chi connectivity index (χ1n) is 12.4. The first-order chi connectivity index (χ1) is 17.2. The zero-order valence-electron chi connectivity index (χ0n) is 21.0. The van der Waals surface area contributed by atoms with Crippen LogP contribution < -0.4 is 10.6 Å². The van der Waals surface area contributed by atoms with Crippen molar-refractivity contribution in [3.63, 3.8) is 0 Å². The normalized spacial score (nSPS) is 24.8. The fourth-order valence-corrected chi connectivity index (χ4v) is 5.20. The second kappa shape index (κ2) is 10.1. The average molecular weight is 518 g/mol. The predicted octanol–water partition coefficient (Wildman–Crippen LogP) is 3.79. The van der Waals surface area contributed by atoms with Crippen LogP contribution >= 0.6 is 11.6 Å². The van der Waals surface area contributed by atoms with Gasteiger partial charge in [0, 0.05) is 43.3 Å². The van der Waals surface area contributed by atoms with Gasteiger partial charge in [-0.05, 0) is 46.4 Å². The van der Waals surface area contributed by atoms with E-state index in [0.717, 1.165) is 13.1 Å². The van der Waals surface area contributed by atoms with Crippen LogP contribution in [0.5, 0.6) is 0 Å². The Balaban J connectivity index is 1.47. The molecule has 11 heteroatoms. The second-order valence-corrected chi connectivity index (χ2v) is 10.5. The summed E-state index contributed by atoms with van der Waals surface area (Å²) in [7, 11) is 2.12. The van der Waals surface area contributed by atoms with E-state index in [4.69, 9.17) is 16.3 Å². The Morgan fingerprint density at radius 2 is 2.11 bits per heavy atom. The number of benzene rings is 1. The molecule has 4 atom stereocenters. The van der Waals surface area contributed by atoms with Crippen LogP contribution in [0.3, 0.4) is 0 Å². The molecule has 2 aromatic heterocycles. The Morgan fingerprint density at radius 1 is 1.31 bits per heavy atom. The molecule has 1 aromatic carbocycles. The number of rotatable bonds is 7. The molecule has 2 fully saturated rings. The van der Waals surface area contributed by atoms with Gasteiger partial charge in [0.2, 0.25) is 11.9 Å². The van der Waals surface area contributed by atoms with Crippen LogP contribution in [-0.2, 0) is 4.74 Å². The van der Waals surface area contributed by atoms with E-state index in [-0.39, 0.29) is 18.7 Å². The third-order valence-electron chi connectivity index (χ3n) is 7.35. The number of likely N-dealkylation sites (tertiary alicyclic amines) is 1. The first-order valence-corrected chi connectivity index (χ1v) is 12.8. The van der Waals surface area contributed by atoms with Crippen molar-refractivity contribution in [2.24, 2.45) is 5.92 Å². The number of nitrogens with zero attached hydrogens (tertiary/aromatic N) is 5. The molecule has 2 aliphatic heterocycles. The lowest BCUT2D eigenvalue weighted by Crippen LogP contribution is -2.54. The summed E-state index contributed by atoms with van der Waals surface area (Å²) < 4.78 is 22.7. The molecule has 1 unspecified atom stereocenters. The van der Waals surface area contributed by atoms with Gasteiger partial charge < -0.3 is 29.9 Å². The molecule has 0 amide bonds. The van der Waals surface area contributed by atoms with Crippen molar-refractivity contribution in [2.45, 2.75) is 51.4 Å². The lowest BCUT2D eigenvalue weighted by atomic mass is 9.91. The van der Waals surface area contributed by atoms with Crippen LogP contribution in [0.15, 0.2) is 18.3 Å². The number of aliphatic hydroxyl groups excluding tert-OH is 1. The summed E-state index contributed by atoms with van der Waals surface area (Å²) in [5.41, 5.74) is 1.92. The molecule has 0 spiro atoms. The first kappa shape index (κ1) is 25.1. The fraction of sp³-hybridized carbons (Fsp3) is 0.560. The van der Waals surface area contributed by atoms with Gasteiger partial charge in [-0.15, -0.1) is 0 Å². The summed E-state index contributed by atoms with van der Waals surface area (Å²) in [5.74, 6) is 1.06. The van der Waals surface area contributed by atoms with E-state index in [1.54, 1.807) is 0 Å². The van der Waals surface area contributed by atoms with Gasteiger partial charge in [0.15, 0.2) is 5.82 Å². The van der Waals surface area contributed by atoms with Gasteiger partial charge in [-0.3, -0.25) is 0 Å². The van der Waals surface area contributed by atoms with Gasteiger partial charge >= 0.3 is 0 Å². The number of aliphatic hydroxyl groups is 1. The SMILES string of the molecule is CC(C)n1c(NCC2CN(C)[C@@H]2C)nc2c(F)cc(-c3nc(N[C@@H]4CCOC[C@H]4O)ncc3Cl)cc21. The van der Waals surface area contributed by atoms with E-state index in [0.29, 0.717) is 64.2 Å². The summed E-state index contributed by atoms with van der Waals surface area (Å²) in [4.78, 5) is 15.8. The third kappa shape index (κ3) is 4.74. The summed E-state index contributed by atoms with van der Waals surface area (Å²) >= 11 is 6.46. The molecule has 3 aromatic rings. The zero-order valence-corrected chi connectivity index (χ0v) is 21.8. The second-order valence-electron chi connectivity index (χ2n) is 10.1. The van der Waals surface area contributed by atoms with Gasteiger partial charge in [-0.2, -0.15) is 0 Å². The topological polar surface area (TPSA) is 100 Å². The quantitative estimate of drug-likeness (QED) is 0.435. The largest absolute Gasteiger partial charge is 0.389 e. The number of aromatic nitrogens is 4. The molecule has 0 aliphatic carbocycles. The van der Waals surface area contributed by atoms with Gasteiger partial charge in [0.25, 0.3) is 0 Å². The molecular formula is C25H33ClFN7O2. The monoisotopic (exact) mass is 517 g/mol. The summed E-state index contributed by atoms with van der Waals surface area (Å²) in [5, 5.41) is 17.1. The van der Waals surface area contributed by atoms with E-state index >= 15 is 4.39 Å². The molecule has 4 heterocycles. The fourth-order valence-electron chi connectivity index (χ4n) is 5.00. The number of hydrogen-bond acceptors (Lipinski definition) is 8. The third-order valence-corrected chi connectivity index (χ3v) is 7.62. The maximum atomic E-state index is 15.4. The van der Waals surface area contributed by atoms with E-state index in [1.807, 2.05) is 10.6 Å². The van der Waals surface area contributed by atoms with Crippen LogP contribution in [0.4, 0.5) is 16.3 Å². The van der Waals surface area contributed by atoms with Crippen LogP contribution in [0.2, 0.25) is 5.02 Å². The zero-order chi connectivity index (χ0) is 25.6. The number of fused-ring (bicyclic) bond motifs is 1. The van der Waals surface area contributed by atoms with Gasteiger partial charge in [-0.1, -0.05) is 11.6 Å². The summed E-state index contributed by atoms with van der Waals surface area (Å²) in [6.07, 6.45) is 1.45. The predicted molar refractivity (Wildman–Crippen MR) is 139 cm³/mol. The van der Waals surface area contributed by atoms with Crippen molar-refractivity contribution in [1.29, 1.82) is 0 Å². The molecule has 5 rings (SSSR count). The molecule has 3 N–H and O–H groups in total. The minimum atomic E-state index is -0.662. The number of anilines is 2. The van der Waals surface area contributed by atoms with Crippen LogP contribution in [-0.4, -0.2) is 81.1 Å². The number of ether oxygens (including phenoxy) is 1. The standard InChI is InChI=1S/C25H33ClFN7O2/c1-13(2)34-20-8-15(7-18(27)23(20)32-25(34)29-9-16-11-33(4)14(16)3)22-17(26)10-28-24(31-22)30-19-5-6-36-12-21(19)35/h7-8,10,13-14,16,19,21,35H,5-6,9,11-12H2,1-4H3,(H,29,32)(H,28,30,31)/t14-,16?,19-,21-/m1/s1. The highest BCUT2D eigenvalue weighted by molar-refractivity contribution is 6.33. The van der Waals surface area contributed by atoms with Gasteiger partial charge in [0.05, 0.1) is 41.2 Å². The molecule has 2 saturated heterocycles. The Kier molecular flexibility index (Phi) is 7.04. The Morgan fingerprint density at radius 3 is 2.81 bits per heavy atom. The van der Waals surface area contributed by atoms with E-state index in [1.165, 1.54) is 12.3 Å². The van der Waals surface area contributed by atoms with Crippen molar-refractivity contribution >= 4 is 34.5 Å². The maximum absolute atomic E-state index is 15.4. The van der Waals surface area contributed by atoms with E-state index in [9.17, 15) is 5.11 Å². The molecule has 9 nitrogen and oxygen atoms in total. The highest BCUT2D eigenvalue weighted by Gasteiger charge is 2.32. The lowest BCUT2D eigenvalue weighted by molar-refractivity contribution is -0.0136. The summed E-state index contributed by atoms with van der Waals surface area (Å²) in [6.45, 7) is 8.92. The number of halogens is 2. The summed E-state index contributed by atoms with van der Waals surface area (Å²) in [6, 6.07) is 3.61. The lowest BCUT2D eigenvalue weighted by Gasteiger charge is -2.44. The van der Waals surface area contributed by atoms with Crippen molar-refractivity contribution in [3.8, 4) is 11.3 Å². The van der Waals surface area contributed by atoms with Crippen molar-refractivity contribution in [3.05, 3.63) is 29.2 Å². The Labute approximate surface area is 215 Å². The van der Waals surface area contributed by atoms with Crippen LogP contribution in [0.1, 0.15) is 33.2 Å². The Hall–Kier alpha value is -2.53. The highest BCUT2D eigenvalue weighted by Crippen LogP contribution is 2.34. The maximum Gasteiger partial charge on any atom is 0.223 e. The molecule has 0 bridgehead atoms. The van der Waals surface area contributed by atoms with Gasteiger partial charge in [-0.25, -0.2) is 19.3 Å². The van der Waals surface area contributed by atoms with E-state index in [2.05, 4.69) is 58.3 Å². The van der Waals surface area contributed by atoms with Crippen molar-refractivity contribution < 1.29 is 14.2 Å².